The number of nitrogen functional groups attached to an aromatic ring is 1. The molecule has 0 atom stereocenters. The van der Waals surface area contributed by atoms with Crippen LogP contribution >= 0.6 is 0 Å². The Morgan fingerprint density at radius 2 is 1.75 bits per heavy atom. The second-order valence-corrected chi connectivity index (χ2v) is 4.90. The smallest absolute Gasteiger partial charge is 0.267 e. The highest BCUT2D eigenvalue weighted by atomic mass is 16.2. The normalized spacial score (nSPS) is 13.8. The quantitative estimate of drug-likeness (QED) is 0.802. The molecule has 2 amide bonds. The van der Waals surface area contributed by atoms with E-state index in [-0.39, 0.29) is 11.8 Å². The van der Waals surface area contributed by atoms with Gasteiger partial charge in [0, 0.05) is 0 Å². The second-order valence-electron chi connectivity index (χ2n) is 4.90. The standard InChI is InChI=1S/C15H13N3O2/c1-8-3-4-11-12(5-8)15(20)18(14(11)19)13-9(2)6-10(16)7-17-13/h3-7H,16H2,1-2H3. The third-order valence-corrected chi connectivity index (χ3v) is 3.33. The molecular formula is C15H13N3O2. The molecule has 2 heterocycles. The van der Waals surface area contributed by atoms with Crippen molar-refractivity contribution in [3.63, 3.8) is 0 Å². The van der Waals surface area contributed by atoms with Crippen LogP contribution in [0.4, 0.5) is 11.5 Å². The number of nitrogens with two attached hydrogens (primary N) is 1. The first-order valence-electron chi connectivity index (χ1n) is 6.20. The molecule has 0 saturated carbocycles. The molecule has 0 bridgehead atoms. The van der Waals surface area contributed by atoms with E-state index in [4.69, 9.17) is 5.73 Å². The van der Waals surface area contributed by atoms with E-state index in [9.17, 15) is 9.59 Å². The third-order valence-electron chi connectivity index (χ3n) is 3.33. The van der Waals surface area contributed by atoms with Crippen LogP contribution in [0, 0.1) is 13.8 Å². The van der Waals surface area contributed by atoms with E-state index in [1.54, 1.807) is 25.1 Å². The summed E-state index contributed by atoms with van der Waals surface area (Å²) in [5.41, 5.74) is 8.62. The van der Waals surface area contributed by atoms with Crippen molar-refractivity contribution < 1.29 is 9.59 Å². The summed E-state index contributed by atoms with van der Waals surface area (Å²) < 4.78 is 0. The van der Waals surface area contributed by atoms with Crippen LogP contribution in [-0.4, -0.2) is 16.8 Å². The fourth-order valence-corrected chi connectivity index (χ4v) is 2.37. The third kappa shape index (κ3) is 1.67. The van der Waals surface area contributed by atoms with Crippen molar-refractivity contribution in [2.75, 3.05) is 10.6 Å². The Hall–Kier alpha value is -2.69. The molecule has 0 spiro atoms. The first-order valence-corrected chi connectivity index (χ1v) is 6.20. The number of rotatable bonds is 1. The molecule has 5 nitrogen and oxygen atoms in total. The van der Waals surface area contributed by atoms with E-state index in [0.717, 1.165) is 10.5 Å². The van der Waals surface area contributed by atoms with Gasteiger partial charge in [0.15, 0.2) is 0 Å². The summed E-state index contributed by atoms with van der Waals surface area (Å²) in [5.74, 6) is -0.345. The highest BCUT2D eigenvalue weighted by Gasteiger charge is 2.38. The summed E-state index contributed by atoms with van der Waals surface area (Å²) in [6.45, 7) is 3.65. The first kappa shape index (κ1) is 12.3. The van der Waals surface area contributed by atoms with Crippen molar-refractivity contribution in [3.8, 4) is 0 Å². The SMILES string of the molecule is Cc1ccc2c(c1)C(=O)N(c1ncc(N)cc1C)C2=O. The molecule has 100 valence electrons. The minimum atomic E-state index is -0.342. The Morgan fingerprint density at radius 1 is 1.05 bits per heavy atom. The van der Waals surface area contributed by atoms with Crippen LogP contribution in [0.2, 0.25) is 0 Å². The van der Waals surface area contributed by atoms with Crippen LogP contribution in [0.1, 0.15) is 31.8 Å². The molecule has 1 aromatic carbocycles. The number of fused-ring (bicyclic) bond motifs is 1. The van der Waals surface area contributed by atoms with Gasteiger partial charge in [-0.15, -0.1) is 0 Å². The predicted octanol–water partition coefficient (Wildman–Crippen LogP) is 2.08. The average Bonchev–Trinajstić information content (AvgIpc) is 2.63. The maximum absolute atomic E-state index is 12.4. The van der Waals surface area contributed by atoms with Crippen LogP contribution in [0.15, 0.2) is 30.5 Å². The van der Waals surface area contributed by atoms with E-state index in [1.807, 2.05) is 13.0 Å². The molecule has 1 aromatic heterocycles. The lowest BCUT2D eigenvalue weighted by atomic mass is 10.1. The molecule has 2 aromatic rings. The Balaban J connectivity index is 2.14. The number of imide groups is 1. The van der Waals surface area contributed by atoms with Crippen molar-refractivity contribution >= 4 is 23.3 Å². The number of carbonyl (C=O) groups is 2. The number of anilines is 2. The van der Waals surface area contributed by atoms with E-state index in [2.05, 4.69) is 4.98 Å². The summed E-state index contributed by atoms with van der Waals surface area (Å²) in [5, 5.41) is 0. The van der Waals surface area contributed by atoms with Crippen molar-refractivity contribution in [3.05, 3.63) is 52.7 Å². The van der Waals surface area contributed by atoms with Crippen molar-refractivity contribution in [2.24, 2.45) is 0 Å². The van der Waals surface area contributed by atoms with Gasteiger partial charge in [-0.3, -0.25) is 9.59 Å². The van der Waals surface area contributed by atoms with Crippen LogP contribution in [-0.2, 0) is 0 Å². The van der Waals surface area contributed by atoms with E-state index >= 15 is 0 Å². The van der Waals surface area contributed by atoms with Gasteiger partial charge < -0.3 is 5.73 Å². The van der Waals surface area contributed by atoms with Crippen molar-refractivity contribution in [1.29, 1.82) is 0 Å². The summed E-state index contributed by atoms with van der Waals surface area (Å²) in [6.07, 6.45) is 1.44. The number of hydrogen-bond donors (Lipinski definition) is 1. The van der Waals surface area contributed by atoms with Gasteiger partial charge in [0.1, 0.15) is 5.82 Å². The molecule has 20 heavy (non-hydrogen) atoms. The Morgan fingerprint density at radius 3 is 2.45 bits per heavy atom. The Kier molecular flexibility index (Phi) is 2.57. The highest BCUT2D eigenvalue weighted by Crippen LogP contribution is 2.30. The molecule has 0 radical (unpaired) electrons. The zero-order valence-corrected chi connectivity index (χ0v) is 11.2. The number of amides is 2. The van der Waals surface area contributed by atoms with E-state index in [1.165, 1.54) is 6.20 Å². The molecule has 2 N–H and O–H groups in total. The van der Waals surface area contributed by atoms with Gasteiger partial charge in [-0.25, -0.2) is 9.88 Å². The Bertz CT molecular complexity index is 753. The molecule has 0 saturated heterocycles. The van der Waals surface area contributed by atoms with Crippen molar-refractivity contribution in [2.45, 2.75) is 13.8 Å². The molecule has 0 unspecified atom stereocenters. The summed E-state index contributed by atoms with van der Waals surface area (Å²) in [6, 6.07) is 6.91. The molecule has 3 rings (SSSR count). The fourth-order valence-electron chi connectivity index (χ4n) is 2.37. The van der Waals surface area contributed by atoms with Gasteiger partial charge in [0.2, 0.25) is 0 Å². The number of aromatic nitrogens is 1. The van der Waals surface area contributed by atoms with Gasteiger partial charge in [-0.05, 0) is 37.6 Å². The molecule has 0 fully saturated rings. The molecular weight excluding hydrogens is 254 g/mol. The zero-order valence-electron chi connectivity index (χ0n) is 11.2. The van der Waals surface area contributed by atoms with Gasteiger partial charge >= 0.3 is 0 Å². The zero-order chi connectivity index (χ0) is 14.4. The maximum atomic E-state index is 12.4. The second kappa shape index (κ2) is 4.16. The minimum absolute atomic E-state index is 0.336. The van der Waals surface area contributed by atoms with Crippen LogP contribution < -0.4 is 10.6 Å². The first-order chi connectivity index (χ1) is 9.49. The average molecular weight is 267 g/mol. The number of pyridine rings is 1. The van der Waals surface area contributed by atoms with Gasteiger partial charge in [-0.1, -0.05) is 11.6 Å². The van der Waals surface area contributed by atoms with Gasteiger partial charge in [0.05, 0.1) is 23.0 Å². The lowest BCUT2D eigenvalue weighted by Crippen LogP contribution is -2.31. The fraction of sp³-hybridized carbons (Fsp3) is 0.133. The Labute approximate surface area is 116 Å². The van der Waals surface area contributed by atoms with Crippen LogP contribution in [0.5, 0.6) is 0 Å². The van der Waals surface area contributed by atoms with Gasteiger partial charge in [0.25, 0.3) is 11.8 Å². The van der Waals surface area contributed by atoms with E-state index < -0.39 is 0 Å². The monoisotopic (exact) mass is 267 g/mol. The number of hydrogen-bond acceptors (Lipinski definition) is 4. The van der Waals surface area contributed by atoms with Crippen LogP contribution in [0.25, 0.3) is 0 Å². The molecule has 1 aliphatic rings. The summed E-state index contributed by atoms with van der Waals surface area (Å²) >= 11 is 0. The molecule has 0 aliphatic carbocycles. The lowest BCUT2D eigenvalue weighted by molar-refractivity contribution is 0.0925. The lowest BCUT2D eigenvalue weighted by Gasteiger charge is -2.15. The molecule has 5 heteroatoms. The number of benzene rings is 1. The highest BCUT2D eigenvalue weighted by molar-refractivity contribution is 6.34. The minimum Gasteiger partial charge on any atom is -0.397 e. The van der Waals surface area contributed by atoms with Crippen molar-refractivity contribution in [1.82, 2.24) is 4.98 Å². The van der Waals surface area contributed by atoms with E-state index in [0.29, 0.717) is 28.2 Å². The predicted molar refractivity (Wildman–Crippen MR) is 75.7 cm³/mol. The largest absolute Gasteiger partial charge is 0.397 e. The number of aryl methyl sites for hydroxylation is 2. The summed E-state index contributed by atoms with van der Waals surface area (Å²) in [7, 11) is 0. The molecule has 1 aliphatic heterocycles. The summed E-state index contributed by atoms with van der Waals surface area (Å²) in [4.78, 5) is 30.1. The van der Waals surface area contributed by atoms with Gasteiger partial charge in [-0.2, -0.15) is 0 Å². The van der Waals surface area contributed by atoms with Crippen LogP contribution in [0.3, 0.4) is 0 Å². The maximum Gasteiger partial charge on any atom is 0.267 e. The number of carbonyl (C=O) groups excluding carboxylic acids is 2. The topological polar surface area (TPSA) is 76.3 Å². The number of nitrogens with zero attached hydrogens (tertiary/aromatic N) is 2.